The lowest BCUT2D eigenvalue weighted by molar-refractivity contribution is -0.131. The lowest BCUT2D eigenvalue weighted by Gasteiger charge is -2.28. The molecule has 0 spiro atoms. The van der Waals surface area contributed by atoms with Gasteiger partial charge in [-0.2, -0.15) is 0 Å². The van der Waals surface area contributed by atoms with Gasteiger partial charge in [-0.25, -0.2) is 0 Å². The van der Waals surface area contributed by atoms with Gasteiger partial charge in [-0.1, -0.05) is 26.0 Å². The maximum Gasteiger partial charge on any atom is 0.265 e. The number of hydrogen-bond donors (Lipinski definition) is 2. The van der Waals surface area contributed by atoms with Crippen LogP contribution in [0.25, 0.3) is 0 Å². The number of ether oxygens (including phenoxy) is 2. The highest BCUT2D eigenvalue weighted by atomic mass is 16.6. The fourth-order valence-electron chi connectivity index (χ4n) is 1.85. The van der Waals surface area contributed by atoms with Gasteiger partial charge in [0, 0.05) is 0 Å². The summed E-state index contributed by atoms with van der Waals surface area (Å²) in [6.45, 7) is 3.97. The number of carbonyl (C=O) groups excluding carboxylic acids is 1. The molecule has 0 bridgehead atoms. The number of carbonyl (C=O) groups is 1. The van der Waals surface area contributed by atoms with Crippen molar-refractivity contribution in [3.63, 3.8) is 0 Å². The van der Waals surface area contributed by atoms with E-state index in [2.05, 4.69) is 5.32 Å². The second-order valence-corrected chi connectivity index (χ2v) is 4.91. The van der Waals surface area contributed by atoms with E-state index in [1.807, 2.05) is 26.0 Å². The van der Waals surface area contributed by atoms with Gasteiger partial charge in [0.15, 0.2) is 11.5 Å². The fraction of sp³-hybridized carbons (Fsp3) is 0.500. The van der Waals surface area contributed by atoms with Gasteiger partial charge in [0.2, 0.25) is 6.10 Å². The summed E-state index contributed by atoms with van der Waals surface area (Å²) in [5.41, 5.74) is 0. The summed E-state index contributed by atoms with van der Waals surface area (Å²) in [6.07, 6.45) is -0.678. The normalized spacial score (nSPS) is 19.1. The summed E-state index contributed by atoms with van der Waals surface area (Å²) in [6, 6.07) is 6.97. The van der Waals surface area contributed by atoms with E-state index in [0.717, 1.165) is 0 Å². The standard InChI is InChI=1S/C14H19NO4/c1-9(2)10(7-16)15-14(17)13-8-18-11-5-3-4-6-12(11)19-13/h3-6,9-10,13,16H,7-8H2,1-2H3,(H,15,17)/t10-,13?/m1/s1. The van der Waals surface area contributed by atoms with Crippen LogP contribution in [0.2, 0.25) is 0 Å². The zero-order chi connectivity index (χ0) is 13.8. The highest BCUT2D eigenvalue weighted by Gasteiger charge is 2.29. The number of aliphatic hydroxyl groups is 1. The van der Waals surface area contributed by atoms with Crippen molar-refractivity contribution in [3.8, 4) is 11.5 Å². The Hall–Kier alpha value is -1.75. The zero-order valence-electron chi connectivity index (χ0n) is 11.1. The summed E-state index contributed by atoms with van der Waals surface area (Å²) in [7, 11) is 0. The average molecular weight is 265 g/mol. The molecule has 2 rings (SSSR count). The van der Waals surface area contributed by atoms with Crippen LogP contribution in [0.1, 0.15) is 13.8 Å². The number of amides is 1. The molecule has 1 amide bonds. The van der Waals surface area contributed by atoms with E-state index in [1.165, 1.54) is 0 Å². The van der Waals surface area contributed by atoms with Crippen molar-refractivity contribution >= 4 is 5.91 Å². The number of nitrogens with one attached hydrogen (secondary N) is 1. The zero-order valence-corrected chi connectivity index (χ0v) is 11.1. The van der Waals surface area contributed by atoms with Crippen LogP contribution < -0.4 is 14.8 Å². The Morgan fingerprint density at radius 2 is 2.11 bits per heavy atom. The molecule has 1 unspecified atom stereocenters. The van der Waals surface area contributed by atoms with Crippen molar-refractivity contribution in [1.82, 2.24) is 5.32 Å². The Balaban J connectivity index is 1.99. The summed E-state index contributed by atoms with van der Waals surface area (Å²) in [5.74, 6) is 1.11. The molecule has 1 heterocycles. The van der Waals surface area contributed by atoms with Gasteiger partial charge >= 0.3 is 0 Å². The van der Waals surface area contributed by atoms with Crippen molar-refractivity contribution in [1.29, 1.82) is 0 Å². The molecule has 0 saturated heterocycles. The second-order valence-electron chi connectivity index (χ2n) is 4.91. The molecule has 1 aliphatic heterocycles. The highest BCUT2D eigenvalue weighted by Crippen LogP contribution is 2.30. The van der Waals surface area contributed by atoms with Gasteiger partial charge in [0.05, 0.1) is 12.6 Å². The minimum Gasteiger partial charge on any atom is -0.485 e. The molecule has 5 nitrogen and oxygen atoms in total. The van der Waals surface area contributed by atoms with E-state index in [1.54, 1.807) is 12.1 Å². The minimum absolute atomic E-state index is 0.0897. The topological polar surface area (TPSA) is 67.8 Å². The van der Waals surface area contributed by atoms with Crippen LogP contribution in [0.4, 0.5) is 0 Å². The van der Waals surface area contributed by atoms with Gasteiger partial charge in [-0.15, -0.1) is 0 Å². The van der Waals surface area contributed by atoms with Crippen LogP contribution in [-0.4, -0.2) is 36.4 Å². The smallest absolute Gasteiger partial charge is 0.265 e. The SMILES string of the molecule is CC(C)[C@@H](CO)NC(=O)C1COc2ccccc2O1. The summed E-state index contributed by atoms with van der Waals surface area (Å²) < 4.78 is 11.1. The summed E-state index contributed by atoms with van der Waals surface area (Å²) in [5, 5.41) is 12.0. The molecule has 1 aromatic carbocycles. The Labute approximate surface area is 112 Å². The first-order valence-electron chi connectivity index (χ1n) is 6.41. The molecular weight excluding hydrogens is 246 g/mol. The molecule has 2 atom stereocenters. The molecule has 104 valence electrons. The molecule has 0 fully saturated rings. The first kappa shape index (κ1) is 13.7. The molecule has 0 saturated carbocycles. The molecule has 0 aromatic heterocycles. The first-order valence-corrected chi connectivity index (χ1v) is 6.41. The van der Waals surface area contributed by atoms with Crippen molar-refractivity contribution < 1.29 is 19.4 Å². The van der Waals surface area contributed by atoms with E-state index in [-0.39, 0.29) is 31.1 Å². The Morgan fingerprint density at radius 1 is 1.42 bits per heavy atom. The predicted molar refractivity (Wildman–Crippen MR) is 70.2 cm³/mol. The van der Waals surface area contributed by atoms with Crippen LogP contribution >= 0.6 is 0 Å². The molecular formula is C14H19NO4. The van der Waals surface area contributed by atoms with Gasteiger partial charge in [-0.3, -0.25) is 4.79 Å². The van der Waals surface area contributed by atoms with E-state index in [4.69, 9.17) is 9.47 Å². The van der Waals surface area contributed by atoms with E-state index < -0.39 is 6.10 Å². The number of hydrogen-bond acceptors (Lipinski definition) is 4. The third-order valence-corrected chi connectivity index (χ3v) is 3.13. The fourth-order valence-corrected chi connectivity index (χ4v) is 1.85. The number of rotatable bonds is 4. The average Bonchev–Trinajstić information content (AvgIpc) is 2.43. The van der Waals surface area contributed by atoms with Crippen LogP contribution in [0.5, 0.6) is 11.5 Å². The van der Waals surface area contributed by atoms with Crippen LogP contribution in [-0.2, 0) is 4.79 Å². The lowest BCUT2D eigenvalue weighted by Crippen LogP contribution is -2.50. The highest BCUT2D eigenvalue weighted by molar-refractivity contribution is 5.82. The molecule has 0 radical (unpaired) electrons. The number of benzene rings is 1. The third kappa shape index (κ3) is 3.17. The van der Waals surface area contributed by atoms with E-state index >= 15 is 0 Å². The first-order chi connectivity index (χ1) is 9.11. The summed E-state index contributed by atoms with van der Waals surface area (Å²) in [4.78, 5) is 12.1. The Morgan fingerprint density at radius 3 is 2.74 bits per heavy atom. The molecule has 2 N–H and O–H groups in total. The number of aliphatic hydroxyl groups excluding tert-OH is 1. The number of fused-ring (bicyclic) bond motifs is 1. The quantitative estimate of drug-likeness (QED) is 0.851. The maximum absolute atomic E-state index is 12.1. The van der Waals surface area contributed by atoms with Crippen LogP contribution in [0.15, 0.2) is 24.3 Å². The van der Waals surface area contributed by atoms with Crippen molar-refractivity contribution in [2.24, 2.45) is 5.92 Å². The lowest BCUT2D eigenvalue weighted by atomic mass is 10.1. The molecule has 5 heteroatoms. The largest absolute Gasteiger partial charge is 0.485 e. The molecule has 1 aromatic rings. The van der Waals surface area contributed by atoms with Crippen molar-refractivity contribution in [2.75, 3.05) is 13.2 Å². The number of para-hydroxylation sites is 2. The Kier molecular flexibility index (Phi) is 4.27. The van der Waals surface area contributed by atoms with Crippen molar-refractivity contribution in [3.05, 3.63) is 24.3 Å². The van der Waals surface area contributed by atoms with Crippen LogP contribution in [0, 0.1) is 5.92 Å². The predicted octanol–water partition coefficient (Wildman–Crippen LogP) is 0.959. The third-order valence-electron chi connectivity index (χ3n) is 3.13. The maximum atomic E-state index is 12.1. The van der Waals surface area contributed by atoms with Gasteiger partial charge in [0.1, 0.15) is 6.61 Å². The molecule has 0 aliphatic carbocycles. The minimum atomic E-state index is -0.678. The molecule has 19 heavy (non-hydrogen) atoms. The van der Waals surface area contributed by atoms with E-state index in [9.17, 15) is 9.90 Å². The molecule has 1 aliphatic rings. The van der Waals surface area contributed by atoms with Crippen molar-refractivity contribution in [2.45, 2.75) is 26.0 Å². The Bertz CT molecular complexity index is 447. The van der Waals surface area contributed by atoms with E-state index in [0.29, 0.717) is 11.5 Å². The summed E-state index contributed by atoms with van der Waals surface area (Å²) >= 11 is 0. The van der Waals surface area contributed by atoms with Gasteiger partial charge < -0.3 is 19.9 Å². The van der Waals surface area contributed by atoms with Gasteiger partial charge in [-0.05, 0) is 18.1 Å². The van der Waals surface area contributed by atoms with Crippen LogP contribution in [0.3, 0.4) is 0 Å². The monoisotopic (exact) mass is 265 g/mol. The van der Waals surface area contributed by atoms with Gasteiger partial charge in [0.25, 0.3) is 5.91 Å². The second kappa shape index (κ2) is 5.93.